The summed E-state index contributed by atoms with van der Waals surface area (Å²) in [4.78, 5) is 14.5. The van der Waals surface area contributed by atoms with E-state index in [0.29, 0.717) is 10.2 Å². The lowest BCUT2D eigenvalue weighted by Gasteiger charge is -2.29. The molecule has 4 N–H and O–H groups in total. The third kappa shape index (κ3) is 2.75. The fourth-order valence-electron chi connectivity index (χ4n) is 4.17. The van der Waals surface area contributed by atoms with Crippen LogP contribution in [0.4, 0.5) is 0 Å². The van der Waals surface area contributed by atoms with Crippen molar-refractivity contribution in [3.63, 3.8) is 0 Å². The number of likely N-dealkylation sites (tertiary alicyclic amines) is 1. The van der Waals surface area contributed by atoms with E-state index in [-0.39, 0.29) is 35.4 Å². The van der Waals surface area contributed by atoms with Gasteiger partial charge < -0.3 is 19.8 Å². The van der Waals surface area contributed by atoms with Crippen molar-refractivity contribution in [2.45, 2.75) is 18.1 Å². The van der Waals surface area contributed by atoms with Gasteiger partial charge in [0.05, 0.1) is 23.7 Å². The summed E-state index contributed by atoms with van der Waals surface area (Å²) in [7, 11) is 3.25. The van der Waals surface area contributed by atoms with Gasteiger partial charge in [-0.2, -0.15) is 0 Å². The van der Waals surface area contributed by atoms with Gasteiger partial charge in [-0.25, -0.2) is 10.9 Å². The van der Waals surface area contributed by atoms with Crippen LogP contribution in [-0.2, 0) is 4.79 Å². The number of para-hydroxylation sites is 1. The van der Waals surface area contributed by atoms with E-state index in [9.17, 15) is 15.0 Å². The zero-order valence-corrected chi connectivity index (χ0v) is 16.4. The Balaban J connectivity index is 1.81. The summed E-state index contributed by atoms with van der Waals surface area (Å²) in [6.45, 7) is 0. The van der Waals surface area contributed by atoms with Crippen molar-refractivity contribution < 1.29 is 19.7 Å². The van der Waals surface area contributed by atoms with Crippen molar-refractivity contribution in [3.8, 4) is 17.2 Å². The Morgan fingerprint density at radius 2 is 1.85 bits per heavy atom. The number of benzene rings is 2. The number of hydrazine groups is 1. The largest absolute Gasteiger partial charge is 0.508 e. The van der Waals surface area contributed by atoms with Crippen molar-refractivity contribution in [1.82, 2.24) is 15.8 Å². The van der Waals surface area contributed by atoms with E-state index in [1.807, 2.05) is 12.1 Å². The molecule has 4 atom stereocenters. The number of phenols is 2. The quantitative estimate of drug-likeness (QED) is 0.592. The third-order valence-corrected chi connectivity index (χ3v) is 6.05. The molecule has 7 nitrogen and oxygen atoms in total. The number of amides is 1. The molecule has 2 aromatic rings. The molecule has 0 saturated carbocycles. The highest BCUT2D eigenvalue weighted by Crippen LogP contribution is 2.49. The first-order valence-corrected chi connectivity index (χ1v) is 9.35. The molecule has 0 aromatic heterocycles. The van der Waals surface area contributed by atoms with Crippen LogP contribution in [0.2, 0.25) is 0 Å². The summed E-state index contributed by atoms with van der Waals surface area (Å²) in [6, 6.07) is 9.73. The molecule has 2 aliphatic rings. The molecule has 0 radical (unpaired) electrons. The van der Waals surface area contributed by atoms with Gasteiger partial charge in [-0.15, -0.1) is 0 Å². The minimum atomic E-state index is -0.414. The van der Waals surface area contributed by atoms with E-state index in [1.165, 1.54) is 7.11 Å². The lowest BCUT2D eigenvalue weighted by Crippen LogP contribution is -2.39. The molecule has 1 amide bonds. The van der Waals surface area contributed by atoms with Gasteiger partial charge in [0.15, 0.2) is 11.5 Å². The average molecular weight is 434 g/mol. The Kier molecular flexibility index (Phi) is 4.49. The number of methoxy groups -OCH3 is 1. The molecule has 8 heteroatoms. The zero-order valence-electron chi connectivity index (χ0n) is 14.8. The topological polar surface area (TPSA) is 94.1 Å². The third-order valence-electron chi connectivity index (χ3n) is 5.44. The number of phenolic OH excluding ortho intramolecular Hbond substituents is 2. The van der Waals surface area contributed by atoms with Gasteiger partial charge in [0.1, 0.15) is 11.8 Å². The first-order chi connectivity index (χ1) is 12.9. The van der Waals surface area contributed by atoms with Crippen molar-refractivity contribution in [2.75, 3.05) is 14.2 Å². The van der Waals surface area contributed by atoms with Gasteiger partial charge in [-0.3, -0.25) is 4.79 Å². The Hall–Kier alpha value is -2.29. The Labute approximate surface area is 165 Å². The number of aromatic hydroxyl groups is 2. The molecule has 0 spiro atoms. The highest BCUT2D eigenvalue weighted by molar-refractivity contribution is 9.10. The maximum atomic E-state index is 12.8. The number of likely N-dealkylation sites (N-methyl/N-ethyl adjacent to an activating group) is 1. The molecule has 2 saturated heterocycles. The summed E-state index contributed by atoms with van der Waals surface area (Å²) in [5.41, 5.74) is 7.83. The normalized spacial score (nSPS) is 27.1. The Bertz CT molecular complexity index is 907. The number of rotatable bonds is 3. The Morgan fingerprint density at radius 3 is 2.56 bits per heavy atom. The molecular weight excluding hydrogens is 414 g/mol. The fraction of sp³-hybridized carbons (Fsp3) is 0.316. The van der Waals surface area contributed by atoms with Gasteiger partial charge in [-0.1, -0.05) is 18.2 Å². The molecule has 4 rings (SSSR count). The summed E-state index contributed by atoms with van der Waals surface area (Å²) in [5, 5.41) is 20.4. The van der Waals surface area contributed by atoms with Crippen LogP contribution in [0.3, 0.4) is 0 Å². The second-order valence-corrected chi connectivity index (χ2v) is 7.68. The van der Waals surface area contributed by atoms with Crippen LogP contribution in [0.15, 0.2) is 40.9 Å². The van der Waals surface area contributed by atoms with Gasteiger partial charge in [0, 0.05) is 18.5 Å². The van der Waals surface area contributed by atoms with Gasteiger partial charge in [0.2, 0.25) is 5.91 Å². The van der Waals surface area contributed by atoms with Crippen molar-refractivity contribution >= 4 is 21.8 Å². The van der Waals surface area contributed by atoms with Gasteiger partial charge >= 0.3 is 0 Å². The monoisotopic (exact) mass is 433 g/mol. The molecular formula is C19H20BrN3O4. The molecule has 2 aromatic carbocycles. The second kappa shape index (κ2) is 6.70. The highest BCUT2D eigenvalue weighted by Gasteiger charge is 2.54. The van der Waals surface area contributed by atoms with Crippen LogP contribution in [-0.4, -0.2) is 41.2 Å². The predicted octanol–water partition coefficient (Wildman–Crippen LogP) is 2.22. The lowest BCUT2D eigenvalue weighted by atomic mass is 9.83. The number of nitrogens with one attached hydrogen (secondary N) is 2. The number of ether oxygens (including phenoxy) is 1. The molecule has 2 aliphatic heterocycles. The predicted molar refractivity (Wildman–Crippen MR) is 102 cm³/mol. The van der Waals surface area contributed by atoms with E-state index in [0.717, 1.165) is 11.1 Å². The van der Waals surface area contributed by atoms with E-state index in [2.05, 4.69) is 26.8 Å². The van der Waals surface area contributed by atoms with Crippen LogP contribution in [0, 0.1) is 5.92 Å². The van der Waals surface area contributed by atoms with Crippen molar-refractivity contribution in [2.24, 2.45) is 5.92 Å². The molecule has 2 fully saturated rings. The van der Waals surface area contributed by atoms with Crippen LogP contribution in [0.5, 0.6) is 17.2 Å². The average Bonchev–Trinajstić information content (AvgIpc) is 3.18. The number of hydrogen-bond donors (Lipinski definition) is 4. The van der Waals surface area contributed by atoms with E-state index in [1.54, 1.807) is 36.2 Å². The van der Waals surface area contributed by atoms with Crippen molar-refractivity contribution in [1.29, 1.82) is 0 Å². The number of nitrogens with zero attached hydrogens (tertiary/aromatic N) is 1. The van der Waals surface area contributed by atoms with Gasteiger partial charge in [0.25, 0.3) is 0 Å². The second-order valence-electron chi connectivity index (χ2n) is 6.83. The molecule has 0 aliphatic carbocycles. The number of hydrogen-bond acceptors (Lipinski definition) is 6. The molecule has 142 valence electrons. The van der Waals surface area contributed by atoms with E-state index < -0.39 is 6.04 Å². The van der Waals surface area contributed by atoms with E-state index >= 15 is 0 Å². The number of carbonyl (C=O) groups is 1. The minimum absolute atomic E-state index is 0.0182. The molecule has 2 heterocycles. The molecule has 4 unspecified atom stereocenters. The van der Waals surface area contributed by atoms with Crippen LogP contribution < -0.4 is 15.6 Å². The van der Waals surface area contributed by atoms with Crippen LogP contribution in [0.25, 0.3) is 0 Å². The number of carbonyl (C=O) groups excluding carboxylic acids is 1. The van der Waals surface area contributed by atoms with Gasteiger partial charge in [-0.05, 0) is 39.7 Å². The van der Waals surface area contributed by atoms with Crippen molar-refractivity contribution in [3.05, 3.63) is 52.0 Å². The zero-order chi connectivity index (χ0) is 19.3. The number of fused-ring (bicyclic) bond motifs is 1. The summed E-state index contributed by atoms with van der Waals surface area (Å²) in [5.74, 6) is 0.351. The Morgan fingerprint density at radius 1 is 1.15 bits per heavy atom. The van der Waals surface area contributed by atoms with E-state index in [4.69, 9.17) is 4.74 Å². The standard InChI is InChI=1S/C19H20BrN3O4/c1-23-17(9-7-11(20)18(25)13(8-9)27-2)14-15(21-22-16(14)19(23)26)10-5-3-4-6-12(10)24/h3-8,14-17,21-22,24-25H,1-2H3. The first-order valence-electron chi connectivity index (χ1n) is 8.56. The summed E-state index contributed by atoms with van der Waals surface area (Å²) >= 11 is 3.36. The summed E-state index contributed by atoms with van der Waals surface area (Å²) in [6.07, 6.45) is 0. The lowest BCUT2D eigenvalue weighted by molar-refractivity contribution is -0.129. The smallest absolute Gasteiger partial charge is 0.241 e. The first kappa shape index (κ1) is 18.1. The molecule has 0 bridgehead atoms. The highest BCUT2D eigenvalue weighted by atomic mass is 79.9. The van der Waals surface area contributed by atoms with Crippen LogP contribution in [0.1, 0.15) is 23.2 Å². The van der Waals surface area contributed by atoms with Crippen LogP contribution >= 0.6 is 15.9 Å². The minimum Gasteiger partial charge on any atom is -0.508 e. The molecule has 27 heavy (non-hydrogen) atoms. The fourth-order valence-corrected chi connectivity index (χ4v) is 4.63. The summed E-state index contributed by atoms with van der Waals surface area (Å²) < 4.78 is 5.77. The maximum absolute atomic E-state index is 12.8. The maximum Gasteiger partial charge on any atom is 0.241 e. The number of halogens is 1. The SMILES string of the molecule is COc1cc(C2C3C(NNC3c3ccccc3O)C(=O)N2C)cc(Br)c1O.